The number of nitro groups is 1. The van der Waals surface area contributed by atoms with E-state index in [4.69, 9.17) is 4.74 Å². The van der Waals surface area contributed by atoms with E-state index in [-0.39, 0.29) is 35.3 Å². The van der Waals surface area contributed by atoms with Crippen molar-refractivity contribution in [1.82, 2.24) is 10.2 Å². The molecule has 1 saturated heterocycles. The first kappa shape index (κ1) is 20.1. The number of nitrogens with one attached hydrogen (secondary N) is 2. The number of amides is 3. The second-order valence-corrected chi connectivity index (χ2v) is 7.72. The number of anilines is 1. The molecule has 3 rings (SSSR count). The molecular formula is C17H16N4O7S. The first-order valence-corrected chi connectivity index (χ1v) is 9.72. The molecule has 0 bridgehead atoms. The SMILES string of the molecule is COc1ccc(S(=O)(=O)Nc2cccc(CN3C(=O)CNC3=O)c2)cc1[N+](=O)[O-]. The molecule has 1 aliphatic heterocycles. The molecule has 152 valence electrons. The van der Waals surface area contributed by atoms with E-state index in [0.717, 1.165) is 11.0 Å². The number of sulfonamides is 1. The molecule has 0 spiro atoms. The zero-order valence-electron chi connectivity index (χ0n) is 15.1. The highest BCUT2D eigenvalue weighted by Crippen LogP contribution is 2.30. The van der Waals surface area contributed by atoms with E-state index < -0.39 is 26.7 Å². The Morgan fingerprint density at radius 3 is 2.62 bits per heavy atom. The Hall–Kier alpha value is -3.67. The van der Waals surface area contributed by atoms with E-state index in [1.165, 1.54) is 31.4 Å². The van der Waals surface area contributed by atoms with Crippen LogP contribution in [0.2, 0.25) is 0 Å². The van der Waals surface area contributed by atoms with Crippen LogP contribution in [0.15, 0.2) is 47.4 Å². The highest BCUT2D eigenvalue weighted by atomic mass is 32.2. The smallest absolute Gasteiger partial charge is 0.324 e. The lowest BCUT2D eigenvalue weighted by atomic mass is 10.2. The van der Waals surface area contributed by atoms with Gasteiger partial charge in [-0.1, -0.05) is 12.1 Å². The van der Waals surface area contributed by atoms with E-state index in [2.05, 4.69) is 10.0 Å². The number of imide groups is 1. The van der Waals surface area contributed by atoms with Gasteiger partial charge in [-0.05, 0) is 29.8 Å². The number of carbonyl (C=O) groups excluding carboxylic acids is 2. The Kier molecular flexibility index (Phi) is 5.37. The molecule has 0 aliphatic carbocycles. The Morgan fingerprint density at radius 2 is 2.00 bits per heavy atom. The van der Waals surface area contributed by atoms with Gasteiger partial charge in [0.05, 0.1) is 30.0 Å². The van der Waals surface area contributed by atoms with Gasteiger partial charge in [-0.3, -0.25) is 24.5 Å². The van der Waals surface area contributed by atoms with E-state index in [0.29, 0.717) is 5.56 Å². The minimum absolute atomic E-state index is 0.0196. The molecule has 1 fully saturated rings. The third kappa shape index (κ3) is 4.27. The van der Waals surface area contributed by atoms with E-state index in [1.54, 1.807) is 12.1 Å². The highest BCUT2D eigenvalue weighted by molar-refractivity contribution is 7.92. The first-order valence-electron chi connectivity index (χ1n) is 8.23. The topological polar surface area (TPSA) is 148 Å². The summed E-state index contributed by atoms with van der Waals surface area (Å²) in [5.41, 5.74) is 0.215. The van der Waals surface area contributed by atoms with Crippen molar-refractivity contribution in [2.75, 3.05) is 18.4 Å². The van der Waals surface area contributed by atoms with Crippen molar-refractivity contribution in [2.45, 2.75) is 11.4 Å². The number of ether oxygens (including phenoxy) is 1. The molecule has 0 atom stereocenters. The summed E-state index contributed by atoms with van der Waals surface area (Å²) in [5.74, 6) is -0.448. The summed E-state index contributed by atoms with van der Waals surface area (Å²) in [6.45, 7) is -0.102. The minimum Gasteiger partial charge on any atom is -0.490 e. The Morgan fingerprint density at radius 1 is 1.24 bits per heavy atom. The summed E-state index contributed by atoms with van der Waals surface area (Å²) in [6.07, 6.45) is 0. The highest BCUT2D eigenvalue weighted by Gasteiger charge is 2.28. The largest absolute Gasteiger partial charge is 0.490 e. The molecule has 1 heterocycles. The maximum atomic E-state index is 12.6. The van der Waals surface area contributed by atoms with Crippen molar-refractivity contribution in [3.05, 3.63) is 58.1 Å². The number of rotatable bonds is 7. The minimum atomic E-state index is -4.13. The average Bonchev–Trinajstić information content (AvgIpc) is 2.99. The predicted molar refractivity (Wildman–Crippen MR) is 101 cm³/mol. The molecule has 2 aromatic rings. The van der Waals surface area contributed by atoms with E-state index in [1.807, 2.05) is 0 Å². The summed E-state index contributed by atoms with van der Waals surface area (Å²) in [7, 11) is -2.89. The molecule has 12 heteroatoms. The van der Waals surface area contributed by atoms with Crippen LogP contribution in [-0.4, -0.2) is 43.8 Å². The van der Waals surface area contributed by atoms with Crippen LogP contribution < -0.4 is 14.8 Å². The number of carbonyl (C=O) groups is 2. The molecule has 0 saturated carbocycles. The Bertz CT molecular complexity index is 1080. The fourth-order valence-electron chi connectivity index (χ4n) is 2.72. The monoisotopic (exact) mass is 420 g/mol. The molecule has 29 heavy (non-hydrogen) atoms. The summed E-state index contributed by atoms with van der Waals surface area (Å²) in [4.78, 5) is 34.4. The van der Waals surface area contributed by atoms with Crippen LogP contribution in [0.1, 0.15) is 5.56 Å². The standard InChI is InChI=1S/C17H16N4O7S/c1-28-15-6-5-13(8-14(15)21(24)25)29(26,27)19-12-4-2-3-11(7-12)10-20-16(22)9-18-17(20)23/h2-8,19H,9-10H2,1H3,(H,18,23). The second kappa shape index (κ2) is 7.75. The Labute approximate surface area is 165 Å². The first-order chi connectivity index (χ1) is 13.7. The summed E-state index contributed by atoms with van der Waals surface area (Å²) >= 11 is 0. The molecule has 2 aromatic carbocycles. The lowest BCUT2D eigenvalue weighted by molar-refractivity contribution is -0.386. The van der Waals surface area contributed by atoms with Crippen molar-refractivity contribution < 1.29 is 27.7 Å². The quantitative estimate of drug-likeness (QED) is 0.391. The molecule has 11 nitrogen and oxygen atoms in total. The van der Waals surface area contributed by atoms with Crippen LogP contribution >= 0.6 is 0 Å². The Balaban J connectivity index is 1.84. The van der Waals surface area contributed by atoms with Gasteiger partial charge in [0, 0.05) is 11.8 Å². The van der Waals surface area contributed by atoms with Crippen molar-refractivity contribution >= 4 is 33.3 Å². The van der Waals surface area contributed by atoms with Gasteiger partial charge in [-0.25, -0.2) is 13.2 Å². The van der Waals surface area contributed by atoms with Gasteiger partial charge in [0.15, 0.2) is 5.75 Å². The van der Waals surface area contributed by atoms with Gasteiger partial charge >= 0.3 is 11.7 Å². The van der Waals surface area contributed by atoms with Gasteiger partial charge in [-0.15, -0.1) is 0 Å². The van der Waals surface area contributed by atoms with Gasteiger partial charge in [0.25, 0.3) is 10.0 Å². The normalized spacial score (nSPS) is 13.9. The van der Waals surface area contributed by atoms with Crippen molar-refractivity contribution in [2.24, 2.45) is 0 Å². The van der Waals surface area contributed by atoms with E-state index >= 15 is 0 Å². The molecule has 0 unspecified atom stereocenters. The van der Waals surface area contributed by atoms with Gasteiger partial charge in [0.2, 0.25) is 5.91 Å². The van der Waals surface area contributed by atoms with Crippen molar-refractivity contribution in [3.8, 4) is 5.75 Å². The van der Waals surface area contributed by atoms with Crippen LogP contribution in [0.4, 0.5) is 16.2 Å². The maximum absolute atomic E-state index is 12.6. The molecular weight excluding hydrogens is 404 g/mol. The molecule has 0 radical (unpaired) electrons. The molecule has 0 aromatic heterocycles. The maximum Gasteiger partial charge on any atom is 0.324 e. The number of hydrogen-bond donors (Lipinski definition) is 2. The van der Waals surface area contributed by atoms with Gasteiger partial charge < -0.3 is 10.1 Å². The summed E-state index contributed by atoms with van der Waals surface area (Å²) in [5, 5.41) is 13.5. The predicted octanol–water partition coefficient (Wildman–Crippen LogP) is 1.46. The van der Waals surface area contributed by atoms with Crippen LogP contribution in [0.5, 0.6) is 5.75 Å². The van der Waals surface area contributed by atoms with Crippen molar-refractivity contribution in [1.29, 1.82) is 0 Å². The number of methoxy groups -OCH3 is 1. The van der Waals surface area contributed by atoms with Crippen LogP contribution in [0.3, 0.4) is 0 Å². The molecule has 3 amide bonds. The number of benzene rings is 2. The average molecular weight is 420 g/mol. The lowest BCUT2D eigenvalue weighted by Crippen LogP contribution is -2.30. The zero-order valence-corrected chi connectivity index (χ0v) is 15.9. The van der Waals surface area contributed by atoms with Crippen LogP contribution in [0.25, 0.3) is 0 Å². The third-order valence-electron chi connectivity index (χ3n) is 4.11. The zero-order chi connectivity index (χ0) is 21.2. The fraction of sp³-hybridized carbons (Fsp3) is 0.176. The van der Waals surface area contributed by atoms with Crippen LogP contribution in [0, 0.1) is 10.1 Å². The second-order valence-electron chi connectivity index (χ2n) is 6.04. The number of nitro benzene ring substituents is 1. The number of hydrogen-bond acceptors (Lipinski definition) is 7. The van der Waals surface area contributed by atoms with Gasteiger partial charge in [0.1, 0.15) is 0 Å². The van der Waals surface area contributed by atoms with Crippen LogP contribution in [-0.2, 0) is 21.4 Å². The van der Waals surface area contributed by atoms with Gasteiger partial charge in [-0.2, -0.15) is 0 Å². The molecule has 1 aliphatic rings. The summed E-state index contributed by atoms with van der Waals surface area (Å²) < 4.78 is 32.5. The fourth-order valence-corrected chi connectivity index (χ4v) is 3.79. The molecule has 2 N–H and O–H groups in total. The number of nitrogens with zero attached hydrogens (tertiary/aromatic N) is 2. The lowest BCUT2D eigenvalue weighted by Gasteiger charge is -2.14. The number of urea groups is 1. The summed E-state index contributed by atoms with van der Waals surface area (Å²) in [6, 6.07) is 8.90. The van der Waals surface area contributed by atoms with Crippen molar-refractivity contribution in [3.63, 3.8) is 0 Å². The van der Waals surface area contributed by atoms with E-state index in [9.17, 15) is 28.1 Å². The third-order valence-corrected chi connectivity index (χ3v) is 5.49.